The van der Waals surface area contributed by atoms with Crippen molar-refractivity contribution in [3.63, 3.8) is 0 Å². The molecule has 24 heavy (non-hydrogen) atoms. The molecule has 1 saturated carbocycles. The quantitative estimate of drug-likeness (QED) is 0.615. The SMILES string of the molecule is CS(=O)(=O)c1ccc(C(=O)C(C(=O)C2CC2)c2ncn[nH]2)c(Cl)c1. The molecule has 2 aromatic rings. The molecule has 126 valence electrons. The van der Waals surface area contributed by atoms with Gasteiger partial charge in [0, 0.05) is 17.7 Å². The molecule has 1 fully saturated rings. The molecule has 9 heteroatoms. The monoisotopic (exact) mass is 367 g/mol. The zero-order valence-electron chi connectivity index (χ0n) is 12.7. The van der Waals surface area contributed by atoms with Crippen molar-refractivity contribution in [3.05, 3.63) is 40.9 Å². The summed E-state index contributed by atoms with van der Waals surface area (Å²) < 4.78 is 23.1. The molecule has 1 heterocycles. The van der Waals surface area contributed by atoms with Crippen LogP contribution in [0.2, 0.25) is 5.02 Å². The number of benzene rings is 1. The molecule has 1 aliphatic carbocycles. The first kappa shape index (κ1) is 16.8. The highest BCUT2D eigenvalue weighted by molar-refractivity contribution is 7.90. The van der Waals surface area contributed by atoms with Crippen LogP contribution in [0, 0.1) is 5.92 Å². The van der Waals surface area contributed by atoms with Crippen LogP contribution in [-0.2, 0) is 14.6 Å². The van der Waals surface area contributed by atoms with Crippen LogP contribution in [0.15, 0.2) is 29.4 Å². The van der Waals surface area contributed by atoms with Crippen molar-refractivity contribution < 1.29 is 18.0 Å². The maximum Gasteiger partial charge on any atom is 0.182 e. The van der Waals surface area contributed by atoms with Crippen molar-refractivity contribution in [2.24, 2.45) is 5.92 Å². The lowest BCUT2D eigenvalue weighted by Crippen LogP contribution is -2.25. The number of carbonyl (C=O) groups is 2. The third kappa shape index (κ3) is 3.25. The summed E-state index contributed by atoms with van der Waals surface area (Å²) in [4.78, 5) is 29.3. The van der Waals surface area contributed by atoms with Crippen molar-refractivity contribution in [1.82, 2.24) is 15.2 Å². The van der Waals surface area contributed by atoms with E-state index in [0.29, 0.717) is 0 Å². The molecular weight excluding hydrogens is 354 g/mol. The van der Waals surface area contributed by atoms with E-state index in [1.54, 1.807) is 0 Å². The standard InChI is InChI=1S/C15H14ClN3O4S/c1-24(22,23)9-4-5-10(11(16)6-9)14(21)12(13(20)8-2-3-8)15-17-7-18-19-15/h4-8,12H,2-3H2,1H3,(H,17,18,19). The van der Waals surface area contributed by atoms with Crippen LogP contribution in [0.4, 0.5) is 0 Å². The Morgan fingerprint density at radius 2 is 2.04 bits per heavy atom. The van der Waals surface area contributed by atoms with Crippen LogP contribution in [0.25, 0.3) is 0 Å². The van der Waals surface area contributed by atoms with Gasteiger partial charge in [0.05, 0.1) is 9.92 Å². The van der Waals surface area contributed by atoms with Gasteiger partial charge < -0.3 is 0 Å². The van der Waals surface area contributed by atoms with Crippen molar-refractivity contribution >= 4 is 33.0 Å². The second-order valence-corrected chi connectivity index (χ2v) is 8.18. The third-order valence-electron chi connectivity index (χ3n) is 3.87. The summed E-state index contributed by atoms with van der Waals surface area (Å²) in [6.07, 6.45) is 3.77. The lowest BCUT2D eigenvalue weighted by atomic mass is 9.90. The highest BCUT2D eigenvalue weighted by Crippen LogP contribution is 2.37. The average Bonchev–Trinajstić information content (AvgIpc) is 3.23. The Kier molecular flexibility index (Phi) is 4.27. The smallest absolute Gasteiger partial charge is 0.182 e. The fourth-order valence-corrected chi connectivity index (χ4v) is 3.41. The first-order chi connectivity index (χ1) is 11.3. The number of nitrogens with zero attached hydrogens (tertiary/aromatic N) is 2. The van der Waals surface area contributed by atoms with Crippen LogP contribution >= 0.6 is 11.6 Å². The first-order valence-electron chi connectivity index (χ1n) is 7.22. The Morgan fingerprint density at radius 1 is 1.33 bits per heavy atom. The van der Waals surface area contributed by atoms with E-state index in [0.717, 1.165) is 19.1 Å². The highest BCUT2D eigenvalue weighted by atomic mass is 35.5. The highest BCUT2D eigenvalue weighted by Gasteiger charge is 2.41. The lowest BCUT2D eigenvalue weighted by Gasteiger charge is -2.13. The summed E-state index contributed by atoms with van der Waals surface area (Å²) in [5.74, 6) is -1.84. The molecule has 0 saturated heterocycles. The van der Waals surface area contributed by atoms with E-state index in [1.165, 1.54) is 24.5 Å². The van der Waals surface area contributed by atoms with Crippen LogP contribution in [0.1, 0.15) is 34.9 Å². The zero-order chi connectivity index (χ0) is 17.5. The number of aromatic amines is 1. The largest absolute Gasteiger partial charge is 0.298 e. The maximum atomic E-state index is 12.9. The summed E-state index contributed by atoms with van der Waals surface area (Å²) >= 11 is 6.09. The molecule has 0 spiro atoms. The summed E-state index contributed by atoms with van der Waals surface area (Å²) in [6, 6.07) is 3.83. The number of sulfone groups is 1. The molecule has 1 aliphatic rings. The minimum absolute atomic E-state index is 0.00813. The Morgan fingerprint density at radius 3 is 2.54 bits per heavy atom. The average molecular weight is 368 g/mol. The lowest BCUT2D eigenvalue weighted by molar-refractivity contribution is -0.120. The summed E-state index contributed by atoms with van der Waals surface area (Å²) in [6.45, 7) is 0. The zero-order valence-corrected chi connectivity index (χ0v) is 14.3. The fourth-order valence-electron chi connectivity index (χ4n) is 2.43. The number of ketones is 2. The Hall–Kier alpha value is -2.06. The number of rotatable bonds is 6. The van der Waals surface area contributed by atoms with E-state index >= 15 is 0 Å². The normalized spacial score (nSPS) is 15.9. The summed E-state index contributed by atoms with van der Waals surface area (Å²) in [7, 11) is -3.44. The van der Waals surface area contributed by atoms with E-state index in [4.69, 9.17) is 11.6 Å². The van der Waals surface area contributed by atoms with Gasteiger partial charge in [-0.25, -0.2) is 13.4 Å². The molecule has 7 nitrogen and oxygen atoms in total. The molecule has 0 amide bonds. The van der Waals surface area contributed by atoms with Gasteiger partial charge in [-0.15, -0.1) is 0 Å². The Labute approximate surface area is 143 Å². The second kappa shape index (κ2) is 6.10. The number of hydrogen-bond donors (Lipinski definition) is 1. The van der Waals surface area contributed by atoms with Gasteiger partial charge >= 0.3 is 0 Å². The van der Waals surface area contributed by atoms with E-state index in [-0.39, 0.29) is 33.0 Å². The van der Waals surface area contributed by atoms with Crippen molar-refractivity contribution in [1.29, 1.82) is 0 Å². The van der Waals surface area contributed by atoms with Crippen molar-refractivity contribution in [3.8, 4) is 0 Å². The van der Waals surface area contributed by atoms with Crippen LogP contribution in [-0.4, -0.2) is 41.4 Å². The van der Waals surface area contributed by atoms with Gasteiger partial charge in [0.25, 0.3) is 0 Å². The predicted molar refractivity (Wildman–Crippen MR) is 85.7 cm³/mol. The molecule has 3 rings (SSSR count). The molecule has 0 bridgehead atoms. The number of halogens is 1. The number of hydrogen-bond acceptors (Lipinski definition) is 6. The Balaban J connectivity index is 2.00. The van der Waals surface area contributed by atoms with Crippen molar-refractivity contribution in [2.45, 2.75) is 23.7 Å². The topological polar surface area (TPSA) is 110 Å². The third-order valence-corrected chi connectivity index (χ3v) is 5.29. The van der Waals surface area contributed by atoms with Gasteiger partial charge in [-0.3, -0.25) is 14.7 Å². The van der Waals surface area contributed by atoms with Crippen molar-refractivity contribution in [2.75, 3.05) is 6.26 Å². The number of H-pyrrole nitrogens is 1. The summed E-state index contributed by atoms with van der Waals surface area (Å²) in [5.41, 5.74) is 0.0828. The van der Waals surface area contributed by atoms with Crippen LogP contribution in [0.3, 0.4) is 0 Å². The van der Waals surface area contributed by atoms with Gasteiger partial charge in [-0.1, -0.05) is 11.6 Å². The van der Waals surface area contributed by atoms with Crippen LogP contribution < -0.4 is 0 Å². The number of carbonyl (C=O) groups excluding carboxylic acids is 2. The number of Topliss-reactive ketones (excluding diaryl/α,β-unsaturated/α-hetero) is 2. The van der Waals surface area contributed by atoms with Crippen LogP contribution in [0.5, 0.6) is 0 Å². The van der Waals surface area contributed by atoms with Gasteiger partial charge in [0.15, 0.2) is 21.4 Å². The van der Waals surface area contributed by atoms with Gasteiger partial charge in [-0.05, 0) is 31.0 Å². The molecule has 1 aromatic carbocycles. The minimum Gasteiger partial charge on any atom is -0.298 e. The first-order valence-corrected chi connectivity index (χ1v) is 9.49. The van der Waals surface area contributed by atoms with Gasteiger partial charge in [-0.2, -0.15) is 5.10 Å². The van der Waals surface area contributed by atoms with E-state index in [9.17, 15) is 18.0 Å². The summed E-state index contributed by atoms with van der Waals surface area (Å²) in [5, 5.41) is 6.24. The fraction of sp³-hybridized carbons (Fsp3) is 0.333. The molecular formula is C15H14ClN3O4S. The molecule has 1 N–H and O–H groups in total. The number of aromatic nitrogens is 3. The molecule has 0 aliphatic heterocycles. The Bertz CT molecular complexity index is 905. The van der Waals surface area contributed by atoms with E-state index in [2.05, 4.69) is 15.2 Å². The van der Waals surface area contributed by atoms with Gasteiger partial charge in [0.1, 0.15) is 18.1 Å². The second-order valence-electron chi connectivity index (χ2n) is 5.76. The molecule has 1 unspecified atom stereocenters. The van der Waals surface area contributed by atoms with E-state index < -0.39 is 21.5 Å². The molecule has 1 atom stereocenters. The maximum absolute atomic E-state index is 12.9. The molecule has 1 aromatic heterocycles. The minimum atomic E-state index is -3.44. The van der Waals surface area contributed by atoms with Gasteiger partial charge in [0.2, 0.25) is 0 Å². The predicted octanol–water partition coefficient (Wildman–Crippen LogP) is 1.81. The van der Waals surface area contributed by atoms with E-state index in [1.807, 2.05) is 0 Å². The molecule has 0 radical (unpaired) electrons. The number of nitrogens with one attached hydrogen (secondary N) is 1.